The van der Waals surface area contributed by atoms with Gasteiger partial charge in [0.25, 0.3) is 0 Å². The Bertz CT molecular complexity index is 318. The molecule has 0 aromatic carbocycles. The number of fused-ring (bicyclic) bond motifs is 1. The van der Waals surface area contributed by atoms with Crippen molar-refractivity contribution >= 4 is 5.90 Å². The molecule has 2 heterocycles. The highest BCUT2D eigenvalue weighted by Crippen LogP contribution is 2.40. The molecule has 0 bridgehead atoms. The molecule has 2 aliphatic rings. The highest BCUT2D eigenvalue weighted by Gasteiger charge is 2.53. The number of rotatable bonds is 1. The van der Waals surface area contributed by atoms with Crippen molar-refractivity contribution in [3.63, 3.8) is 0 Å². The molecule has 0 amide bonds. The summed E-state index contributed by atoms with van der Waals surface area (Å²) in [6.07, 6.45) is -0.632. The molecule has 2 unspecified atom stereocenters. The van der Waals surface area contributed by atoms with Crippen LogP contribution in [0.2, 0.25) is 0 Å². The SMILES string of the molecule is CC(=N)O[C@H]1OC(C)[C@@H]2OC(C)(C)OC2[C@H]1C. The first-order chi connectivity index (χ1) is 7.80. The first-order valence-corrected chi connectivity index (χ1v) is 6.03. The highest BCUT2D eigenvalue weighted by atomic mass is 16.8. The van der Waals surface area contributed by atoms with Crippen molar-refractivity contribution in [1.29, 1.82) is 5.41 Å². The molecule has 5 atom stereocenters. The van der Waals surface area contributed by atoms with Gasteiger partial charge >= 0.3 is 0 Å². The van der Waals surface area contributed by atoms with E-state index >= 15 is 0 Å². The zero-order chi connectivity index (χ0) is 12.8. The van der Waals surface area contributed by atoms with Crippen LogP contribution in [0.15, 0.2) is 0 Å². The Labute approximate surface area is 102 Å². The second-order valence-corrected chi connectivity index (χ2v) is 5.31. The summed E-state index contributed by atoms with van der Waals surface area (Å²) in [6, 6.07) is 0. The van der Waals surface area contributed by atoms with E-state index in [1.807, 2.05) is 27.7 Å². The van der Waals surface area contributed by atoms with Gasteiger partial charge in [0.15, 0.2) is 11.7 Å². The summed E-state index contributed by atoms with van der Waals surface area (Å²) in [5.41, 5.74) is 0. The van der Waals surface area contributed by atoms with Crippen LogP contribution in [0.3, 0.4) is 0 Å². The minimum absolute atomic E-state index is 0.0401. The Morgan fingerprint density at radius 2 is 1.76 bits per heavy atom. The van der Waals surface area contributed by atoms with Gasteiger partial charge in [-0.05, 0) is 20.8 Å². The van der Waals surface area contributed by atoms with E-state index in [9.17, 15) is 0 Å². The standard InChI is InChI=1S/C12H21NO4/c1-6-9-10(17-12(4,5)16-9)7(2)14-11(6)15-8(3)13/h6-7,9-11,13H,1-5H3/t6-,7?,9?,10+,11-/m1/s1. The molecule has 0 aromatic rings. The van der Waals surface area contributed by atoms with E-state index in [1.54, 1.807) is 6.92 Å². The monoisotopic (exact) mass is 243 g/mol. The molecule has 1 N–H and O–H groups in total. The molecule has 0 spiro atoms. The molecular formula is C12H21NO4. The number of hydrogen-bond donors (Lipinski definition) is 1. The lowest BCUT2D eigenvalue weighted by atomic mass is 9.93. The summed E-state index contributed by atoms with van der Waals surface area (Å²) in [6.45, 7) is 9.36. The van der Waals surface area contributed by atoms with Crippen LogP contribution in [0.4, 0.5) is 0 Å². The van der Waals surface area contributed by atoms with Crippen LogP contribution in [0, 0.1) is 11.3 Å². The largest absolute Gasteiger partial charge is 0.452 e. The minimum Gasteiger partial charge on any atom is -0.452 e. The van der Waals surface area contributed by atoms with Gasteiger partial charge in [0.1, 0.15) is 6.10 Å². The molecule has 0 radical (unpaired) electrons. The van der Waals surface area contributed by atoms with Crippen molar-refractivity contribution in [2.24, 2.45) is 5.92 Å². The maximum Gasteiger partial charge on any atom is 0.206 e. The molecule has 0 saturated carbocycles. The van der Waals surface area contributed by atoms with Crippen LogP contribution in [0.1, 0.15) is 34.6 Å². The maximum absolute atomic E-state index is 7.38. The van der Waals surface area contributed by atoms with Gasteiger partial charge in [-0.25, -0.2) is 0 Å². The third kappa shape index (κ3) is 2.46. The summed E-state index contributed by atoms with van der Waals surface area (Å²) in [4.78, 5) is 0. The summed E-state index contributed by atoms with van der Waals surface area (Å²) in [5.74, 6) is -0.375. The lowest BCUT2D eigenvalue weighted by Crippen LogP contribution is -2.52. The maximum atomic E-state index is 7.38. The molecule has 17 heavy (non-hydrogen) atoms. The average molecular weight is 243 g/mol. The van der Waals surface area contributed by atoms with Crippen LogP contribution >= 0.6 is 0 Å². The third-order valence-electron chi connectivity index (χ3n) is 3.22. The van der Waals surface area contributed by atoms with Crippen LogP contribution in [0.25, 0.3) is 0 Å². The normalized spacial score (nSPS) is 44.2. The van der Waals surface area contributed by atoms with E-state index in [0.717, 1.165) is 0 Å². The van der Waals surface area contributed by atoms with Gasteiger partial charge in [-0.15, -0.1) is 0 Å². The van der Waals surface area contributed by atoms with E-state index in [4.69, 9.17) is 24.4 Å². The van der Waals surface area contributed by atoms with Crippen LogP contribution in [-0.2, 0) is 18.9 Å². The highest BCUT2D eigenvalue weighted by molar-refractivity contribution is 5.69. The van der Waals surface area contributed by atoms with Gasteiger partial charge in [-0.3, -0.25) is 5.41 Å². The Morgan fingerprint density at radius 3 is 2.35 bits per heavy atom. The molecule has 5 heteroatoms. The van der Waals surface area contributed by atoms with Gasteiger partial charge in [0.05, 0.1) is 12.2 Å². The van der Waals surface area contributed by atoms with E-state index in [2.05, 4.69) is 0 Å². The second-order valence-electron chi connectivity index (χ2n) is 5.31. The molecular weight excluding hydrogens is 222 g/mol. The average Bonchev–Trinajstić information content (AvgIpc) is 2.50. The smallest absolute Gasteiger partial charge is 0.206 e. The van der Waals surface area contributed by atoms with E-state index < -0.39 is 12.1 Å². The van der Waals surface area contributed by atoms with E-state index in [1.165, 1.54) is 0 Å². The van der Waals surface area contributed by atoms with Crippen molar-refractivity contribution in [2.45, 2.75) is 65.0 Å². The fourth-order valence-corrected chi connectivity index (χ4v) is 2.46. The summed E-state index contributed by atoms with van der Waals surface area (Å²) < 4.78 is 22.9. The van der Waals surface area contributed by atoms with Gasteiger partial charge < -0.3 is 18.9 Å². The zero-order valence-electron chi connectivity index (χ0n) is 11.0. The molecule has 0 aromatic heterocycles. The van der Waals surface area contributed by atoms with Crippen molar-refractivity contribution in [3.8, 4) is 0 Å². The first-order valence-electron chi connectivity index (χ1n) is 6.03. The minimum atomic E-state index is -0.574. The van der Waals surface area contributed by atoms with Crippen LogP contribution in [-0.4, -0.2) is 36.3 Å². The number of ether oxygens (including phenoxy) is 4. The fourth-order valence-electron chi connectivity index (χ4n) is 2.46. The predicted octanol–water partition coefficient (Wildman–Crippen LogP) is 1.90. The zero-order valence-corrected chi connectivity index (χ0v) is 11.0. The molecule has 5 nitrogen and oxygen atoms in total. The van der Waals surface area contributed by atoms with Gasteiger partial charge in [0.2, 0.25) is 6.29 Å². The van der Waals surface area contributed by atoms with Gasteiger partial charge in [-0.2, -0.15) is 0 Å². The molecule has 0 aliphatic carbocycles. The Kier molecular flexibility index (Phi) is 3.18. The van der Waals surface area contributed by atoms with Gasteiger partial charge in [-0.1, -0.05) is 6.92 Å². The lowest BCUT2D eigenvalue weighted by Gasteiger charge is -2.39. The third-order valence-corrected chi connectivity index (χ3v) is 3.22. The summed E-state index contributed by atoms with van der Waals surface area (Å²) >= 11 is 0. The summed E-state index contributed by atoms with van der Waals surface area (Å²) in [7, 11) is 0. The van der Waals surface area contributed by atoms with Crippen LogP contribution < -0.4 is 0 Å². The Morgan fingerprint density at radius 1 is 1.18 bits per heavy atom. The second kappa shape index (κ2) is 4.23. The van der Waals surface area contributed by atoms with Crippen molar-refractivity contribution < 1.29 is 18.9 Å². The molecule has 2 saturated heterocycles. The Balaban J connectivity index is 2.12. The predicted molar refractivity (Wildman–Crippen MR) is 61.8 cm³/mol. The van der Waals surface area contributed by atoms with Crippen molar-refractivity contribution in [1.82, 2.24) is 0 Å². The molecule has 2 fully saturated rings. The van der Waals surface area contributed by atoms with Crippen LogP contribution in [0.5, 0.6) is 0 Å². The Hall–Kier alpha value is -0.650. The number of hydrogen-bond acceptors (Lipinski definition) is 5. The van der Waals surface area contributed by atoms with E-state index in [0.29, 0.717) is 0 Å². The molecule has 98 valence electrons. The molecule has 2 rings (SSSR count). The quantitative estimate of drug-likeness (QED) is 0.564. The first kappa shape index (κ1) is 12.8. The number of nitrogens with one attached hydrogen (secondary N) is 1. The topological polar surface area (TPSA) is 60.8 Å². The lowest BCUT2D eigenvalue weighted by molar-refractivity contribution is -0.224. The summed E-state index contributed by atoms with van der Waals surface area (Å²) in [5, 5.41) is 7.38. The molecule has 2 aliphatic heterocycles. The van der Waals surface area contributed by atoms with Crippen molar-refractivity contribution in [2.75, 3.05) is 0 Å². The van der Waals surface area contributed by atoms with Crippen molar-refractivity contribution in [3.05, 3.63) is 0 Å². The van der Waals surface area contributed by atoms with Gasteiger partial charge in [0, 0.05) is 12.8 Å². The van der Waals surface area contributed by atoms with E-state index in [-0.39, 0.29) is 30.1 Å². The fraction of sp³-hybridized carbons (Fsp3) is 0.917.